The van der Waals surface area contributed by atoms with E-state index in [1.54, 1.807) is 6.07 Å². The Morgan fingerprint density at radius 1 is 1.43 bits per heavy atom. The third-order valence-corrected chi connectivity index (χ3v) is 3.65. The van der Waals surface area contributed by atoms with Crippen LogP contribution in [0.3, 0.4) is 0 Å². The van der Waals surface area contributed by atoms with Crippen LogP contribution in [0.2, 0.25) is 0 Å². The predicted molar refractivity (Wildman–Crippen MR) is 83.3 cm³/mol. The Balaban J connectivity index is 1.77. The van der Waals surface area contributed by atoms with E-state index < -0.39 is 11.8 Å². The van der Waals surface area contributed by atoms with Gasteiger partial charge >= 0.3 is 5.97 Å². The summed E-state index contributed by atoms with van der Waals surface area (Å²) in [5.74, 6) is -0.820. The van der Waals surface area contributed by atoms with Crippen LogP contribution in [-0.4, -0.2) is 31.6 Å². The van der Waals surface area contributed by atoms with Gasteiger partial charge in [-0.3, -0.25) is 4.79 Å². The van der Waals surface area contributed by atoms with Crippen LogP contribution in [0.4, 0.5) is 4.39 Å². The van der Waals surface area contributed by atoms with Gasteiger partial charge in [0.1, 0.15) is 0 Å². The van der Waals surface area contributed by atoms with Crippen molar-refractivity contribution < 1.29 is 23.5 Å². The quantitative estimate of drug-likeness (QED) is 0.618. The van der Waals surface area contributed by atoms with Gasteiger partial charge in [0, 0.05) is 12.1 Å². The maximum atomic E-state index is 13.5. The number of esters is 1. The lowest BCUT2D eigenvalue weighted by molar-refractivity contribution is -0.144. The van der Waals surface area contributed by atoms with Crippen molar-refractivity contribution in [2.45, 2.75) is 25.8 Å². The molecule has 1 aliphatic rings. The number of rotatable bonds is 7. The topological polar surface area (TPSA) is 64.6 Å². The fraction of sp³-hybridized carbons (Fsp3) is 0.412. The zero-order valence-corrected chi connectivity index (χ0v) is 13.2. The number of nitrogens with one attached hydrogen (secondary N) is 1. The maximum absolute atomic E-state index is 13.5. The molecule has 6 heteroatoms. The van der Waals surface area contributed by atoms with E-state index in [-0.39, 0.29) is 24.3 Å². The second-order valence-corrected chi connectivity index (χ2v) is 5.53. The number of carbonyl (C=O) groups excluding carboxylic acids is 2. The van der Waals surface area contributed by atoms with Gasteiger partial charge in [0.2, 0.25) is 0 Å². The zero-order chi connectivity index (χ0) is 16.8. The Morgan fingerprint density at radius 3 is 2.78 bits per heavy atom. The number of halogens is 1. The van der Waals surface area contributed by atoms with E-state index in [0.717, 1.165) is 18.9 Å². The molecule has 0 spiro atoms. The molecule has 23 heavy (non-hydrogen) atoms. The summed E-state index contributed by atoms with van der Waals surface area (Å²) in [5, 5.41) is 2.79. The van der Waals surface area contributed by atoms with E-state index in [9.17, 15) is 14.0 Å². The first kappa shape index (κ1) is 17.0. The van der Waals surface area contributed by atoms with Crippen LogP contribution < -0.4 is 10.1 Å². The minimum absolute atomic E-state index is 0.110. The molecular formula is C17H20FNO4. The van der Waals surface area contributed by atoms with Gasteiger partial charge in [-0.25, -0.2) is 9.18 Å². The minimum Gasteiger partial charge on any atom is -0.494 e. The van der Waals surface area contributed by atoms with Gasteiger partial charge in [-0.2, -0.15) is 0 Å². The summed E-state index contributed by atoms with van der Waals surface area (Å²) in [6.07, 6.45) is 4.82. The van der Waals surface area contributed by atoms with Crippen molar-refractivity contribution in [3.05, 3.63) is 35.7 Å². The Labute approximate surface area is 134 Å². The predicted octanol–water partition coefficient (Wildman–Crippen LogP) is 2.31. The molecule has 124 valence electrons. The van der Waals surface area contributed by atoms with E-state index in [1.807, 2.05) is 6.92 Å². The first-order valence-corrected chi connectivity index (χ1v) is 7.47. The summed E-state index contributed by atoms with van der Waals surface area (Å²) >= 11 is 0. The molecule has 0 aliphatic heterocycles. The van der Waals surface area contributed by atoms with Crippen molar-refractivity contribution in [1.29, 1.82) is 0 Å². The van der Waals surface area contributed by atoms with Crippen molar-refractivity contribution in [2.24, 2.45) is 5.92 Å². The first-order valence-electron chi connectivity index (χ1n) is 7.47. The minimum atomic E-state index is -0.657. The van der Waals surface area contributed by atoms with Gasteiger partial charge in [-0.05, 0) is 49.5 Å². The number of hydrogen-bond acceptors (Lipinski definition) is 4. The number of amides is 1. The zero-order valence-electron chi connectivity index (χ0n) is 13.2. The molecule has 2 rings (SSSR count). The molecule has 1 saturated carbocycles. The van der Waals surface area contributed by atoms with E-state index in [1.165, 1.54) is 25.3 Å². The summed E-state index contributed by atoms with van der Waals surface area (Å²) in [6.45, 7) is 1.62. The van der Waals surface area contributed by atoms with Crippen molar-refractivity contribution in [3.63, 3.8) is 0 Å². The molecule has 1 amide bonds. The number of ether oxygens (including phenoxy) is 2. The van der Waals surface area contributed by atoms with Gasteiger partial charge in [0.15, 0.2) is 18.2 Å². The van der Waals surface area contributed by atoms with Crippen molar-refractivity contribution in [3.8, 4) is 5.75 Å². The van der Waals surface area contributed by atoms with Gasteiger partial charge in [-0.1, -0.05) is 6.07 Å². The standard InChI is InChI=1S/C17H20FNO4/c1-11(13-5-6-13)19-16(20)10-23-17(21)8-4-12-3-7-15(22-2)14(18)9-12/h3-4,7-9,11,13H,5-6,10H2,1-2H3,(H,19,20)/b8-4+/t11-/m1/s1. The summed E-state index contributed by atoms with van der Waals surface area (Å²) in [6, 6.07) is 4.43. The summed E-state index contributed by atoms with van der Waals surface area (Å²) in [7, 11) is 1.38. The Morgan fingerprint density at radius 2 is 2.17 bits per heavy atom. The highest BCUT2D eigenvalue weighted by Gasteiger charge is 2.28. The third-order valence-electron chi connectivity index (χ3n) is 3.65. The van der Waals surface area contributed by atoms with E-state index in [0.29, 0.717) is 11.5 Å². The third kappa shape index (κ3) is 5.39. The largest absolute Gasteiger partial charge is 0.494 e. The normalized spacial score (nSPS) is 15.3. The molecule has 5 nitrogen and oxygen atoms in total. The highest BCUT2D eigenvalue weighted by molar-refractivity contribution is 5.89. The molecule has 0 unspecified atom stereocenters. The second-order valence-electron chi connectivity index (χ2n) is 5.53. The van der Waals surface area contributed by atoms with E-state index in [2.05, 4.69) is 5.32 Å². The number of benzene rings is 1. The molecule has 0 radical (unpaired) electrons. The molecule has 1 fully saturated rings. The lowest BCUT2D eigenvalue weighted by Gasteiger charge is -2.12. The molecule has 1 aromatic rings. The van der Waals surface area contributed by atoms with Crippen molar-refractivity contribution >= 4 is 18.0 Å². The molecular weight excluding hydrogens is 301 g/mol. The van der Waals surface area contributed by atoms with E-state index >= 15 is 0 Å². The lowest BCUT2D eigenvalue weighted by atomic mass is 10.2. The molecule has 0 bridgehead atoms. The maximum Gasteiger partial charge on any atom is 0.331 e. The highest BCUT2D eigenvalue weighted by atomic mass is 19.1. The van der Waals surface area contributed by atoms with Gasteiger partial charge in [0.25, 0.3) is 5.91 Å². The molecule has 1 aliphatic carbocycles. The van der Waals surface area contributed by atoms with Crippen LogP contribution in [0.5, 0.6) is 5.75 Å². The Kier molecular flexibility index (Phi) is 5.73. The second kappa shape index (κ2) is 7.76. The lowest BCUT2D eigenvalue weighted by Crippen LogP contribution is -2.36. The molecule has 0 saturated heterocycles. The molecule has 0 aromatic heterocycles. The Hall–Kier alpha value is -2.37. The van der Waals surface area contributed by atoms with Crippen molar-refractivity contribution in [1.82, 2.24) is 5.32 Å². The highest BCUT2D eigenvalue weighted by Crippen LogP contribution is 2.32. The van der Waals surface area contributed by atoms with Crippen LogP contribution >= 0.6 is 0 Å². The fourth-order valence-electron chi connectivity index (χ4n) is 2.15. The van der Waals surface area contributed by atoms with Crippen LogP contribution in [0.25, 0.3) is 6.08 Å². The molecule has 1 N–H and O–H groups in total. The van der Waals surface area contributed by atoms with Crippen LogP contribution in [-0.2, 0) is 14.3 Å². The van der Waals surface area contributed by atoms with Crippen molar-refractivity contribution in [2.75, 3.05) is 13.7 Å². The fourth-order valence-corrected chi connectivity index (χ4v) is 2.15. The smallest absolute Gasteiger partial charge is 0.331 e. The average Bonchev–Trinajstić information content (AvgIpc) is 3.36. The molecule has 1 atom stereocenters. The molecule has 0 heterocycles. The summed E-state index contributed by atoms with van der Waals surface area (Å²) in [5.41, 5.74) is 0.493. The number of hydrogen-bond donors (Lipinski definition) is 1. The average molecular weight is 321 g/mol. The molecule has 1 aromatic carbocycles. The van der Waals surface area contributed by atoms with E-state index in [4.69, 9.17) is 9.47 Å². The monoisotopic (exact) mass is 321 g/mol. The first-order chi connectivity index (χ1) is 11.0. The van der Waals surface area contributed by atoms with Gasteiger partial charge in [0.05, 0.1) is 7.11 Å². The van der Waals surface area contributed by atoms with Gasteiger partial charge < -0.3 is 14.8 Å². The number of carbonyl (C=O) groups is 2. The van der Waals surface area contributed by atoms with Gasteiger partial charge in [-0.15, -0.1) is 0 Å². The van der Waals surface area contributed by atoms with Crippen LogP contribution in [0, 0.1) is 11.7 Å². The number of methoxy groups -OCH3 is 1. The SMILES string of the molecule is COc1ccc(/C=C/C(=O)OCC(=O)N[C@H](C)C2CC2)cc1F. The summed E-state index contributed by atoms with van der Waals surface area (Å²) < 4.78 is 23.1. The van der Waals surface area contributed by atoms with Crippen LogP contribution in [0.15, 0.2) is 24.3 Å². The summed E-state index contributed by atoms with van der Waals surface area (Å²) in [4.78, 5) is 23.2. The van der Waals surface area contributed by atoms with Crippen LogP contribution in [0.1, 0.15) is 25.3 Å². The Bertz CT molecular complexity index is 611.